The van der Waals surface area contributed by atoms with Crippen LogP contribution in [0, 0.1) is 31.1 Å². The monoisotopic (exact) mass is 630 g/mol. The minimum Gasteiger partial charge on any atom is -0.481 e. The van der Waals surface area contributed by atoms with Crippen LogP contribution < -0.4 is 0 Å². The van der Waals surface area contributed by atoms with Gasteiger partial charge in [0.1, 0.15) is 23.0 Å². The Bertz CT molecular complexity index is 2080. The molecule has 238 valence electrons. The van der Waals surface area contributed by atoms with Crippen molar-refractivity contribution in [2.45, 2.75) is 33.5 Å². The van der Waals surface area contributed by atoms with E-state index in [9.17, 15) is 20.0 Å². The van der Waals surface area contributed by atoms with Gasteiger partial charge in [0.15, 0.2) is 5.58 Å². The van der Waals surface area contributed by atoms with Crippen LogP contribution in [0.5, 0.6) is 0 Å². The molecule has 0 unspecified atom stereocenters. The number of benzene rings is 3. The number of aliphatic carboxylic acids is 1. The Hall–Kier alpha value is -5.31. The van der Waals surface area contributed by atoms with Gasteiger partial charge in [-0.05, 0) is 80.0 Å². The molecule has 0 aliphatic carbocycles. The minimum absolute atomic E-state index is 0.0452. The summed E-state index contributed by atoms with van der Waals surface area (Å²) in [5, 5.41) is 19.1. The first-order chi connectivity index (χ1) is 22.6. The van der Waals surface area contributed by atoms with Crippen molar-refractivity contribution in [1.29, 1.82) is 5.26 Å². The molecule has 11 nitrogen and oxygen atoms in total. The molecule has 1 N–H and O–H groups in total. The third-order valence-electron chi connectivity index (χ3n) is 9.06. The lowest BCUT2D eigenvalue weighted by Gasteiger charge is -2.36. The summed E-state index contributed by atoms with van der Waals surface area (Å²) in [7, 11) is 3.75. The van der Waals surface area contributed by atoms with Crippen molar-refractivity contribution in [3.05, 3.63) is 82.2 Å². The van der Waals surface area contributed by atoms with Crippen molar-refractivity contribution in [2.24, 2.45) is 5.92 Å². The van der Waals surface area contributed by atoms with Gasteiger partial charge in [-0.25, -0.2) is 9.97 Å². The molecule has 5 aromatic rings. The van der Waals surface area contributed by atoms with E-state index in [-0.39, 0.29) is 11.8 Å². The zero-order valence-electron chi connectivity index (χ0n) is 26.7. The summed E-state index contributed by atoms with van der Waals surface area (Å²) in [5.41, 5.74) is 8.82. The molecule has 1 saturated heterocycles. The Labute approximate surface area is 271 Å². The number of rotatable bonds is 8. The number of hydrogen-bond donors (Lipinski definition) is 1. The van der Waals surface area contributed by atoms with Crippen LogP contribution in [-0.4, -0.2) is 75.4 Å². The van der Waals surface area contributed by atoms with Crippen molar-refractivity contribution in [3.8, 4) is 40.1 Å². The standard InChI is InChI=1S/C36H34N6O5/c1-20-25(7-5-9-27(20)34-39-30-17-42(18-31(30)46-34)32(43)19-40(3)4)26-8-6-10-28(21(26)2)35-38-29-12-22(11-23(13-37)33(29)47-35)14-41-15-24(16-41)36(44)45/h5-12,24H,14-19H2,1-4H3,(H,44,45). The van der Waals surface area contributed by atoms with Crippen molar-refractivity contribution in [1.82, 2.24) is 24.7 Å². The van der Waals surface area contributed by atoms with Crippen LogP contribution in [0.15, 0.2) is 57.4 Å². The molecule has 4 heterocycles. The number of carboxylic acid groups (broad SMARTS) is 1. The van der Waals surface area contributed by atoms with Crippen molar-refractivity contribution in [3.63, 3.8) is 0 Å². The minimum atomic E-state index is -0.780. The summed E-state index contributed by atoms with van der Waals surface area (Å²) >= 11 is 0. The van der Waals surface area contributed by atoms with E-state index in [1.165, 1.54) is 0 Å². The highest BCUT2D eigenvalue weighted by Crippen LogP contribution is 2.39. The van der Waals surface area contributed by atoms with Gasteiger partial charge in [-0.15, -0.1) is 0 Å². The molecule has 3 aromatic carbocycles. The van der Waals surface area contributed by atoms with Crippen LogP contribution in [0.4, 0.5) is 0 Å². The quantitative estimate of drug-likeness (QED) is 0.243. The van der Waals surface area contributed by atoms with E-state index >= 15 is 0 Å². The largest absolute Gasteiger partial charge is 0.481 e. The SMILES string of the molecule is Cc1c(-c2nc3c(o2)CN(C(=O)CN(C)C)C3)cccc1-c1cccc(-c2nc3cc(CN4CC(C(=O)O)C4)cc(C#N)c3o2)c1C. The van der Waals surface area contributed by atoms with Crippen molar-refractivity contribution in [2.75, 3.05) is 33.7 Å². The van der Waals surface area contributed by atoms with Gasteiger partial charge in [0.2, 0.25) is 17.7 Å². The number of fused-ring (bicyclic) bond motifs is 2. The second-order valence-corrected chi connectivity index (χ2v) is 12.7. The third kappa shape index (κ3) is 5.56. The summed E-state index contributed by atoms with van der Waals surface area (Å²) in [6.45, 7) is 6.80. The number of hydrogen-bond acceptors (Lipinski definition) is 9. The molecule has 0 atom stereocenters. The number of likely N-dealkylation sites (tertiary alicyclic amines) is 1. The van der Waals surface area contributed by atoms with Gasteiger partial charge in [0.25, 0.3) is 0 Å². The van der Waals surface area contributed by atoms with Crippen molar-refractivity contribution < 1.29 is 23.5 Å². The molecule has 0 bridgehead atoms. The van der Waals surface area contributed by atoms with Gasteiger partial charge in [-0.2, -0.15) is 5.26 Å². The number of amides is 1. The van der Waals surface area contributed by atoms with Crippen molar-refractivity contribution >= 4 is 23.0 Å². The summed E-state index contributed by atoms with van der Waals surface area (Å²) in [6, 6.07) is 18.0. The fourth-order valence-corrected chi connectivity index (χ4v) is 6.51. The highest BCUT2D eigenvalue weighted by Gasteiger charge is 2.33. The van der Waals surface area contributed by atoms with Gasteiger partial charge in [-0.1, -0.05) is 24.3 Å². The Balaban J connectivity index is 1.17. The topological polar surface area (TPSA) is 140 Å². The van der Waals surface area contributed by atoms with E-state index in [0.29, 0.717) is 67.7 Å². The number of carbonyl (C=O) groups is 2. The number of nitrogens with zero attached hydrogens (tertiary/aromatic N) is 6. The first-order valence-corrected chi connectivity index (χ1v) is 15.5. The smallest absolute Gasteiger partial charge is 0.309 e. The predicted molar refractivity (Wildman–Crippen MR) is 174 cm³/mol. The van der Waals surface area contributed by atoms with Crippen LogP contribution in [0.1, 0.15) is 33.7 Å². The van der Waals surface area contributed by atoms with E-state index in [1.54, 1.807) is 11.0 Å². The Morgan fingerprint density at radius 1 is 0.957 bits per heavy atom. The molecule has 1 amide bonds. The maximum absolute atomic E-state index is 12.5. The normalized spacial score (nSPS) is 14.9. The Morgan fingerprint density at radius 2 is 1.60 bits per heavy atom. The summed E-state index contributed by atoms with van der Waals surface area (Å²) in [6.07, 6.45) is 0. The van der Waals surface area contributed by atoms with Gasteiger partial charge >= 0.3 is 5.97 Å². The number of carboxylic acids is 1. The molecule has 2 aromatic heterocycles. The van der Waals surface area contributed by atoms with Gasteiger partial charge in [0, 0.05) is 30.8 Å². The zero-order valence-corrected chi connectivity index (χ0v) is 26.7. The Kier molecular flexibility index (Phi) is 7.62. The van der Waals surface area contributed by atoms with E-state index in [2.05, 4.69) is 25.1 Å². The molecule has 1 fully saturated rings. The lowest BCUT2D eigenvalue weighted by molar-refractivity contribution is -0.147. The second kappa shape index (κ2) is 11.8. The number of likely N-dealkylation sites (N-methyl/N-ethyl adjacent to an activating group) is 1. The van der Waals surface area contributed by atoms with E-state index in [0.717, 1.165) is 50.4 Å². The fourth-order valence-electron chi connectivity index (χ4n) is 6.51. The number of aromatic nitrogens is 2. The molecule has 47 heavy (non-hydrogen) atoms. The number of carbonyl (C=O) groups excluding carboxylic acids is 1. The highest BCUT2D eigenvalue weighted by molar-refractivity contribution is 5.85. The van der Waals surface area contributed by atoms with Crippen LogP contribution in [0.3, 0.4) is 0 Å². The average Bonchev–Trinajstić information content (AvgIpc) is 3.72. The summed E-state index contributed by atoms with van der Waals surface area (Å²) in [5.74, 6) is 0.605. The molecule has 11 heteroatoms. The summed E-state index contributed by atoms with van der Waals surface area (Å²) in [4.78, 5) is 39.0. The molecular weight excluding hydrogens is 596 g/mol. The molecule has 2 aliphatic rings. The van der Waals surface area contributed by atoms with E-state index < -0.39 is 5.97 Å². The maximum atomic E-state index is 12.5. The van der Waals surface area contributed by atoms with Crippen LogP contribution >= 0.6 is 0 Å². The Morgan fingerprint density at radius 3 is 2.19 bits per heavy atom. The lowest BCUT2D eigenvalue weighted by Crippen LogP contribution is -2.49. The fraction of sp³-hybridized carbons (Fsp3) is 0.306. The number of oxazole rings is 2. The maximum Gasteiger partial charge on any atom is 0.309 e. The highest BCUT2D eigenvalue weighted by atomic mass is 16.4. The van der Waals surface area contributed by atoms with Crippen LogP contribution in [-0.2, 0) is 29.2 Å². The van der Waals surface area contributed by atoms with Crippen LogP contribution in [0.2, 0.25) is 0 Å². The first-order valence-electron chi connectivity index (χ1n) is 15.5. The number of nitriles is 1. The van der Waals surface area contributed by atoms with Crippen LogP contribution in [0.25, 0.3) is 45.1 Å². The van der Waals surface area contributed by atoms with Gasteiger partial charge < -0.3 is 23.7 Å². The predicted octanol–water partition coefficient (Wildman–Crippen LogP) is 5.23. The van der Waals surface area contributed by atoms with Gasteiger partial charge in [-0.3, -0.25) is 14.5 Å². The molecule has 0 spiro atoms. The van der Waals surface area contributed by atoms with E-state index in [1.807, 2.05) is 61.2 Å². The zero-order chi connectivity index (χ0) is 33.0. The molecule has 0 radical (unpaired) electrons. The molecular formula is C36H34N6O5. The third-order valence-corrected chi connectivity index (χ3v) is 9.06. The van der Waals surface area contributed by atoms with E-state index in [4.69, 9.17) is 18.8 Å². The van der Waals surface area contributed by atoms with Gasteiger partial charge in [0.05, 0.1) is 31.1 Å². The molecule has 2 aliphatic heterocycles. The molecule has 7 rings (SSSR count). The average molecular weight is 631 g/mol. The lowest BCUT2D eigenvalue weighted by atomic mass is 9.91. The summed E-state index contributed by atoms with van der Waals surface area (Å²) < 4.78 is 12.4. The first kappa shape index (κ1) is 30.3. The second-order valence-electron chi connectivity index (χ2n) is 12.7. The molecule has 0 saturated carbocycles.